The predicted molar refractivity (Wildman–Crippen MR) is 72.0 cm³/mol. The van der Waals surface area contributed by atoms with Gasteiger partial charge in [-0.25, -0.2) is 4.98 Å². The largest absolute Gasteiger partial charge is 0.395 e. The first kappa shape index (κ1) is 11.0. The fourth-order valence-corrected chi connectivity index (χ4v) is 2.26. The molecule has 0 aliphatic carbocycles. The van der Waals surface area contributed by atoms with Crippen molar-refractivity contribution < 1.29 is 0 Å². The number of thiazole rings is 1. The zero-order valence-corrected chi connectivity index (χ0v) is 10.1. The number of rotatable bonds is 4. The van der Waals surface area contributed by atoms with Crippen LogP contribution in [0.25, 0.3) is 10.2 Å². The van der Waals surface area contributed by atoms with Crippen molar-refractivity contribution >= 4 is 32.9 Å². The van der Waals surface area contributed by atoms with E-state index in [9.17, 15) is 0 Å². The number of hydrogen-bond donors (Lipinski definition) is 2. The summed E-state index contributed by atoms with van der Waals surface area (Å²) in [5.74, 6) is 0. The van der Waals surface area contributed by atoms with E-state index >= 15 is 0 Å². The van der Waals surface area contributed by atoms with Crippen LogP contribution in [0, 0.1) is 0 Å². The summed E-state index contributed by atoms with van der Waals surface area (Å²) in [4.78, 5) is 4.26. The van der Waals surface area contributed by atoms with E-state index in [2.05, 4.69) is 28.5 Å². The number of hydrogen-bond acceptors (Lipinski definition) is 4. The molecule has 0 unspecified atom stereocenters. The lowest BCUT2D eigenvalue weighted by Crippen LogP contribution is -2.03. The highest BCUT2D eigenvalue weighted by Gasteiger charge is 2.05. The number of aromatic nitrogens is 1. The Kier molecular flexibility index (Phi) is 3.41. The maximum Gasteiger partial charge on any atom is 0.106 e. The highest BCUT2D eigenvalue weighted by atomic mass is 32.1. The predicted octanol–water partition coefficient (Wildman–Crippen LogP) is 3.26. The molecule has 0 aliphatic heterocycles. The standard InChI is InChI=1S/C12H15N3S/c1-2-3-4-7-14-9-5-6-10-12(11(9)13)15-8-16-10/h2-3,5-6,8,14H,4,7,13H2,1H3/b3-2+. The first-order valence-electron chi connectivity index (χ1n) is 5.29. The van der Waals surface area contributed by atoms with E-state index in [1.807, 2.05) is 18.5 Å². The highest BCUT2D eigenvalue weighted by molar-refractivity contribution is 7.16. The smallest absolute Gasteiger partial charge is 0.106 e. The Morgan fingerprint density at radius 1 is 1.50 bits per heavy atom. The van der Waals surface area contributed by atoms with Crippen LogP contribution in [0.15, 0.2) is 29.8 Å². The Labute approximate surface area is 99.0 Å². The number of fused-ring (bicyclic) bond motifs is 1. The van der Waals surface area contributed by atoms with Crippen LogP contribution >= 0.6 is 11.3 Å². The van der Waals surface area contributed by atoms with Gasteiger partial charge in [0.25, 0.3) is 0 Å². The third-order valence-corrected chi connectivity index (χ3v) is 3.20. The Hall–Kier alpha value is -1.55. The zero-order chi connectivity index (χ0) is 11.4. The molecule has 2 rings (SSSR count). The minimum atomic E-state index is 0.749. The van der Waals surface area contributed by atoms with Crippen molar-refractivity contribution in [2.45, 2.75) is 13.3 Å². The summed E-state index contributed by atoms with van der Waals surface area (Å²) in [6.45, 7) is 2.92. The number of nitrogens with one attached hydrogen (secondary N) is 1. The van der Waals surface area contributed by atoms with Crippen LogP contribution in [0.1, 0.15) is 13.3 Å². The van der Waals surface area contributed by atoms with Gasteiger partial charge in [-0.2, -0.15) is 0 Å². The lowest BCUT2D eigenvalue weighted by atomic mass is 10.2. The molecule has 0 bridgehead atoms. The van der Waals surface area contributed by atoms with Crippen LogP contribution in [-0.2, 0) is 0 Å². The number of nitrogen functional groups attached to an aromatic ring is 1. The Morgan fingerprint density at radius 3 is 3.19 bits per heavy atom. The molecular weight excluding hydrogens is 218 g/mol. The van der Waals surface area contributed by atoms with E-state index < -0.39 is 0 Å². The fourth-order valence-electron chi connectivity index (χ4n) is 1.56. The molecule has 1 aromatic heterocycles. The summed E-state index contributed by atoms with van der Waals surface area (Å²) >= 11 is 1.61. The van der Waals surface area contributed by atoms with E-state index in [0.717, 1.165) is 34.6 Å². The van der Waals surface area contributed by atoms with Crippen LogP contribution in [0.4, 0.5) is 11.4 Å². The Morgan fingerprint density at radius 2 is 2.38 bits per heavy atom. The summed E-state index contributed by atoms with van der Waals surface area (Å²) in [6, 6.07) is 4.08. The summed E-state index contributed by atoms with van der Waals surface area (Å²) in [7, 11) is 0. The first-order valence-corrected chi connectivity index (χ1v) is 6.17. The van der Waals surface area contributed by atoms with Crippen LogP contribution in [0.3, 0.4) is 0 Å². The molecule has 0 atom stereocenters. The fraction of sp³-hybridized carbons (Fsp3) is 0.250. The molecule has 0 amide bonds. The van der Waals surface area contributed by atoms with Crippen LogP contribution in [-0.4, -0.2) is 11.5 Å². The molecule has 0 spiro atoms. The van der Waals surface area contributed by atoms with Gasteiger partial charge in [0.2, 0.25) is 0 Å². The zero-order valence-electron chi connectivity index (χ0n) is 9.23. The first-order chi connectivity index (χ1) is 7.83. The second kappa shape index (κ2) is 4.99. The molecule has 4 heteroatoms. The SMILES string of the molecule is C/C=C/CCNc1ccc2scnc2c1N. The summed E-state index contributed by atoms with van der Waals surface area (Å²) in [6.07, 6.45) is 5.18. The summed E-state index contributed by atoms with van der Waals surface area (Å²) in [5.41, 5.74) is 10.5. The quantitative estimate of drug-likeness (QED) is 0.484. The lowest BCUT2D eigenvalue weighted by Gasteiger charge is -2.08. The molecule has 0 aliphatic rings. The Bertz CT molecular complexity index is 502. The topological polar surface area (TPSA) is 50.9 Å². The number of benzene rings is 1. The normalized spacial score (nSPS) is 11.3. The molecule has 0 fully saturated rings. The van der Waals surface area contributed by atoms with Crippen molar-refractivity contribution in [1.29, 1.82) is 0 Å². The van der Waals surface area contributed by atoms with E-state index in [1.54, 1.807) is 11.3 Å². The highest BCUT2D eigenvalue weighted by Crippen LogP contribution is 2.29. The van der Waals surface area contributed by atoms with Gasteiger partial charge < -0.3 is 11.1 Å². The molecule has 0 saturated carbocycles. The van der Waals surface area contributed by atoms with Gasteiger partial charge in [-0.3, -0.25) is 0 Å². The molecular formula is C12H15N3S. The third kappa shape index (κ3) is 2.17. The molecule has 16 heavy (non-hydrogen) atoms. The van der Waals surface area contributed by atoms with E-state index in [0.29, 0.717) is 0 Å². The molecule has 1 aromatic carbocycles. The van der Waals surface area contributed by atoms with Crippen molar-refractivity contribution in [3.8, 4) is 0 Å². The van der Waals surface area contributed by atoms with Gasteiger partial charge in [-0.1, -0.05) is 12.2 Å². The molecule has 2 aromatic rings. The van der Waals surface area contributed by atoms with E-state index in [4.69, 9.17) is 5.73 Å². The van der Waals surface area contributed by atoms with Crippen molar-refractivity contribution in [3.05, 3.63) is 29.8 Å². The average molecular weight is 233 g/mol. The monoisotopic (exact) mass is 233 g/mol. The van der Waals surface area contributed by atoms with Crippen molar-refractivity contribution in [2.75, 3.05) is 17.6 Å². The maximum atomic E-state index is 6.04. The lowest BCUT2D eigenvalue weighted by molar-refractivity contribution is 1.07. The third-order valence-electron chi connectivity index (χ3n) is 2.40. The van der Waals surface area contributed by atoms with Crippen molar-refractivity contribution in [3.63, 3.8) is 0 Å². The second-order valence-electron chi connectivity index (χ2n) is 3.51. The number of nitrogens with zero attached hydrogens (tertiary/aromatic N) is 1. The van der Waals surface area contributed by atoms with Gasteiger partial charge >= 0.3 is 0 Å². The summed E-state index contributed by atoms with van der Waals surface area (Å²) in [5, 5.41) is 3.32. The molecule has 84 valence electrons. The van der Waals surface area contributed by atoms with E-state index in [-0.39, 0.29) is 0 Å². The van der Waals surface area contributed by atoms with Gasteiger partial charge in [0.05, 0.1) is 21.6 Å². The molecule has 3 N–H and O–H groups in total. The second-order valence-corrected chi connectivity index (χ2v) is 4.40. The van der Waals surface area contributed by atoms with Gasteiger partial charge in [-0.15, -0.1) is 11.3 Å². The van der Waals surface area contributed by atoms with Crippen LogP contribution in [0.2, 0.25) is 0 Å². The molecule has 3 nitrogen and oxygen atoms in total. The van der Waals surface area contributed by atoms with Gasteiger partial charge in [0.1, 0.15) is 5.52 Å². The van der Waals surface area contributed by atoms with Gasteiger partial charge in [-0.05, 0) is 25.5 Å². The minimum Gasteiger partial charge on any atom is -0.395 e. The van der Waals surface area contributed by atoms with Gasteiger partial charge in [0, 0.05) is 6.54 Å². The molecule has 1 heterocycles. The van der Waals surface area contributed by atoms with Crippen molar-refractivity contribution in [2.24, 2.45) is 0 Å². The Balaban J connectivity index is 2.14. The van der Waals surface area contributed by atoms with Crippen LogP contribution < -0.4 is 11.1 Å². The number of anilines is 2. The summed E-state index contributed by atoms with van der Waals surface area (Å²) < 4.78 is 1.14. The molecule has 0 radical (unpaired) electrons. The molecule has 0 saturated heterocycles. The maximum absolute atomic E-state index is 6.04. The van der Waals surface area contributed by atoms with Gasteiger partial charge in [0.15, 0.2) is 0 Å². The van der Waals surface area contributed by atoms with E-state index in [1.165, 1.54) is 0 Å². The van der Waals surface area contributed by atoms with Crippen LogP contribution in [0.5, 0.6) is 0 Å². The number of allylic oxidation sites excluding steroid dienone is 1. The number of nitrogens with two attached hydrogens (primary N) is 1. The minimum absolute atomic E-state index is 0.749. The van der Waals surface area contributed by atoms with Crippen molar-refractivity contribution in [1.82, 2.24) is 4.98 Å². The average Bonchev–Trinajstić information content (AvgIpc) is 2.76.